The van der Waals surface area contributed by atoms with Crippen LogP contribution in [0, 0.1) is 11.3 Å². The zero-order valence-electron chi connectivity index (χ0n) is 69.8. The topological polar surface area (TPSA) is 535 Å². The number of rotatable bonds is 21. The number of hydrogen-bond donors (Lipinski definition) is 19. The molecule has 14 rings (SSSR count). The molecule has 21 atom stereocenters. The molecule has 3 saturated heterocycles. The number of halogens is 3. The first-order valence-electron chi connectivity index (χ1n) is 40.6. The van der Waals surface area contributed by atoms with Crippen LogP contribution in [0.4, 0.5) is 0 Å². The Bertz CT molecular complexity index is 5190. The maximum atomic E-state index is 16.1. The second-order valence-electron chi connectivity index (χ2n) is 33.2. The van der Waals surface area contributed by atoms with E-state index in [1.165, 1.54) is 44.4 Å². The number of aromatic hydroxyl groups is 3. The molecule has 0 radical (unpaired) electrons. The van der Waals surface area contributed by atoms with Crippen LogP contribution in [0.3, 0.4) is 0 Å². The summed E-state index contributed by atoms with van der Waals surface area (Å²) in [5.41, 5.74) is 3.81. The van der Waals surface area contributed by atoms with Crippen LogP contribution in [0.2, 0.25) is 15.1 Å². The maximum Gasteiger partial charge on any atom is 0.330 e. The molecule has 17 unspecified atom stereocenters. The van der Waals surface area contributed by atoms with Crippen molar-refractivity contribution in [2.24, 2.45) is 17.1 Å². The minimum absolute atomic E-state index is 0.0166. The van der Waals surface area contributed by atoms with E-state index in [1.54, 1.807) is 46.8 Å². The zero-order chi connectivity index (χ0) is 91.4. The molecule has 7 aliphatic rings. The van der Waals surface area contributed by atoms with Gasteiger partial charge in [0.05, 0.1) is 53.5 Å². The molecule has 38 heteroatoms. The number of benzene rings is 7. The number of phenolic OH excluding ortho intramolecular Hbond substituents is 3. The number of likely N-dealkylation sites (N-methyl/N-ethyl adjacent to an activating group) is 2. The highest BCUT2D eigenvalue weighted by atomic mass is 35.5. The van der Waals surface area contributed by atoms with E-state index < -0.39 is 244 Å². The molecule has 0 aliphatic carbocycles. The van der Waals surface area contributed by atoms with Crippen molar-refractivity contribution in [2.45, 2.75) is 208 Å². The Kier molecular flexibility index (Phi) is 30.0. The first kappa shape index (κ1) is 94.7. The number of carboxylic acids is 1. The first-order valence-corrected chi connectivity index (χ1v) is 41.7. The minimum atomic E-state index is -2.31. The smallest absolute Gasteiger partial charge is 0.330 e. The van der Waals surface area contributed by atoms with Gasteiger partial charge in [-0.1, -0.05) is 117 Å². The minimum Gasteiger partial charge on any atom is -0.508 e. The van der Waals surface area contributed by atoms with Crippen molar-refractivity contribution < 1.29 is 127 Å². The number of phenols is 3. The maximum absolute atomic E-state index is 16.1. The molecule has 6 amide bonds. The van der Waals surface area contributed by atoms with E-state index in [9.17, 15) is 70.2 Å². The van der Waals surface area contributed by atoms with Gasteiger partial charge in [-0.3, -0.25) is 28.8 Å². The van der Waals surface area contributed by atoms with Crippen LogP contribution in [0.15, 0.2) is 127 Å². The molecule has 9 bridgehead atoms. The second kappa shape index (κ2) is 39.9. The van der Waals surface area contributed by atoms with Gasteiger partial charge in [0.25, 0.3) is 0 Å². The van der Waals surface area contributed by atoms with Crippen LogP contribution >= 0.6 is 34.8 Å². The van der Waals surface area contributed by atoms with Gasteiger partial charge in [0.1, 0.15) is 95.8 Å². The average molecular weight is 1810 g/mol. The Balaban J connectivity index is 1.07. The number of aliphatic hydroxyl groups is 6. The lowest BCUT2D eigenvalue weighted by molar-refractivity contribution is -0.334. The van der Waals surface area contributed by atoms with E-state index in [4.69, 9.17) is 78.4 Å². The summed E-state index contributed by atoms with van der Waals surface area (Å²) in [6, 6.07) is 16.0. The van der Waals surface area contributed by atoms with E-state index in [0.717, 1.165) is 65.2 Å². The summed E-state index contributed by atoms with van der Waals surface area (Å²) in [5, 5.41) is 139. The fourth-order valence-electron chi connectivity index (χ4n) is 16.2. The molecule has 0 aromatic heterocycles. The van der Waals surface area contributed by atoms with E-state index in [0.29, 0.717) is 5.02 Å². The largest absolute Gasteiger partial charge is 0.508 e. The molecule has 7 aromatic rings. The van der Waals surface area contributed by atoms with Gasteiger partial charge >= 0.3 is 5.97 Å². The van der Waals surface area contributed by atoms with E-state index in [2.05, 4.69) is 42.5 Å². The van der Waals surface area contributed by atoms with Crippen LogP contribution in [-0.4, -0.2) is 217 Å². The summed E-state index contributed by atoms with van der Waals surface area (Å²) >= 11 is 20.9. The number of aliphatic hydroxyl groups excluding tert-OH is 6. The highest BCUT2D eigenvalue weighted by molar-refractivity contribution is 6.32. The van der Waals surface area contributed by atoms with Gasteiger partial charge in [-0.15, -0.1) is 0 Å². The number of hydrogen-bond acceptors (Lipinski definition) is 28. The van der Waals surface area contributed by atoms with Crippen molar-refractivity contribution in [3.63, 3.8) is 0 Å². The zero-order valence-corrected chi connectivity index (χ0v) is 72.1. The Morgan fingerprint density at radius 1 is 0.651 bits per heavy atom. The molecule has 0 spiro atoms. The van der Waals surface area contributed by atoms with Crippen LogP contribution in [0.5, 0.6) is 46.0 Å². The summed E-state index contributed by atoms with van der Waals surface area (Å²) in [5.74, 6) is -14.2. The lowest BCUT2D eigenvalue weighted by Crippen LogP contribution is -2.65. The second-order valence-corrected chi connectivity index (χ2v) is 34.4. The van der Waals surface area contributed by atoms with Gasteiger partial charge in [-0.2, -0.15) is 0 Å². The molecule has 7 aromatic carbocycles. The molecule has 126 heavy (non-hydrogen) atoms. The molecule has 7 aliphatic heterocycles. The number of primary amides is 1. The lowest BCUT2D eigenvalue weighted by Gasteiger charge is -2.48. The van der Waals surface area contributed by atoms with Gasteiger partial charge in [0, 0.05) is 52.7 Å². The number of fused-ring (bicyclic) bond motifs is 16. The number of carbonyl (C=O) groups excluding carboxylic acids is 7. The summed E-state index contributed by atoms with van der Waals surface area (Å²) in [7, 11) is 2.82. The van der Waals surface area contributed by atoms with Gasteiger partial charge in [0.2, 0.25) is 47.5 Å². The van der Waals surface area contributed by atoms with Crippen molar-refractivity contribution >= 4 is 82.5 Å². The van der Waals surface area contributed by atoms with Gasteiger partial charge in [-0.05, 0) is 158 Å². The van der Waals surface area contributed by atoms with Crippen molar-refractivity contribution in [1.29, 1.82) is 0 Å². The number of carboxylic acid groups (broad SMARTS) is 1. The quantitative estimate of drug-likeness (QED) is 0.0362. The number of ether oxygens (including phenoxy) is 8. The number of nitrogens with one attached hydrogen (secondary N) is 8. The molecule has 7 heterocycles. The molecule has 35 nitrogen and oxygen atoms in total. The van der Waals surface area contributed by atoms with Gasteiger partial charge in [-0.25, -0.2) is 4.79 Å². The predicted molar refractivity (Wildman–Crippen MR) is 453 cm³/mol. The Morgan fingerprint density at radius 2 is 1.25 bits per heavy atom. The van der Waals surface area contributed by atoms with Crippen molar-refractivity contribution in [1.82, 2.24) is 42.5 Å². The van der Waals surface area contributed by atoms with Gasteiger partial charge < -0.3 is 142 Å². The summed E-state index contributed by atoms with van der Waals surface area (Å²) in [6.45, 7) is 11.2. The number of aldehydes is 1. The normalized spacial score (nSPS) is 28.5. The highest BCUT2D eigenvalue weighted by Crippen LogP contribution is 2.51. The van der Waals surface area contributed by atoms with E-state index in [1.807, 2.05) is 50.2 Å². The molecule has 0 saturated carbocycles. The van der Waals surface area contributed by atoms with Crippen LogP contribution in [0.1, 0.15) is 138 Å². The van der Waals surface area contributed by atoms with Gasteiger partial charge in [0.15, 0.2) is 36.2 Å². The van der Waals surface area contributed by atoms with Crippen LogP contribution in [-0.2, 0) is 68.6 Å². The Morgan fingerprint density at radius 3 is 1.84 bits per heavy atom. The lowest BCUT2D eigenvalue weighted by atomic mass is 9.78. The summed E-state index contributed by atoms with van der Waals surface area (Å²) in [6.07, 6.45) is -21.2. The third kappa shape index (κ3) is 21.2. The van der Waals surface area contributed by atoms with Crippen molar-refractivity contribution in [2.75, 3.05) is 20.7 Å². The Hall–Kier alpha value is -10.4. The van der Waals surface area contributed by atoms with Crippen molar-refractivity contribution in [3.8, 4) is 68.2 Å². The highest BCUT2D eigenvalue weighted by Gasteiger charge is 2.53. The first-order chi connectivity index (χ1) is 59.7. The number of carbonyl (C=O) groups is 8. The Labute approximate surface area is 738 Å². The van der Waals surface area contributed by atoms with E-state index >= 15 is 19.2 Å². The summed E-state index contributed by atoms with van der Waals surface area (Å²) in [4.78, 5) is 117. The fraction of sp³-hybridized carbons (Fsp3) is 0.432. The fourth-order valence-corrected chi connectivity index (χ4v) is 16.7. The average Bonchev–Trinajstić information content (AvgIpc) is 0.777. The number of amides is 6. The third-order valence-corrected chi connectivity index (χ3v) is 23.9. The SMILES string of the molecule is CN[C@@H]1C(=O)NC(C(=O)O)c2cc(O)cc(O)c2-c2cc(ccc2O)C(C=O)NC(=O)C2NC(=O)C(CC(N)=O)NC(=O)[C@@H](NC(=O)[C@@H](CC(C)C)NC)C(O)c3ccc(c(Cl)c3)Oc3cc2cc(c3OC2OC(CO)C(O)C(O)C2OC2CC(C)(NCc3ccc(-c4ccc(Cl)cc4)cc3)C(O)C(C)O2)Oc2ccc(cc2Cl)[C@H]1OC1CC(C)(C)C(O)C(C)O1. The van der Waals surface area contributed by atoms with E-state index in [-0.39, 0.29) is 76.2 Å². The number of aliphatic carboxylic acids is 1. The standard InChI is InChI=1S/C88H102Cl3N9O26/c1-38(2)24-54(93-8)80(112)100-70-72(107)45-17-22-59(52(90)26-45)121-61-28-47-29-62(76(61)126-86-77(74(109)73(108)63(37-102)123-86)125-66-34-88(7,79(111)40(4)120-66)95-35-41-10-12-42(13-11-41)43-14-19-48(89)20-15-43)122-60-23-18-46(27-53(60)91)75(124-65-33-87(5,6)78(110)39(3)119-65)71(94-9)84(116)99-69(85(117)118)51-30-49(103)31-58(105)67(51)50-25-44(16-21-57(50)104)56(36-101)97-82(114)68(47)98-81(113)55(32-64(92)106)96-83(70)115/h10-23,25-31,36,38-40,54-56,63,65-66,68-75,77-79,86,93-95,102-105,107-111H,24,32-35,37H2,1-9H3,(H2,92,106)(H,96,115)(H,97,114)(H,98,113)(H,99,116)(H,100,112)(H,117,118)/t39?,40?,54-,55?,56?,63?,65?,66?,68?,69?,70+,71+,72?,73?,74?,75-,77?,78?,79?,86?,88?/m1/s1. The predicted octanol–water partition coefficient (Wildman–Crippen LogP) is 6.09. The number of nitrogens with two attached hydrogens (primary N) is 1. The van der Waals surface area contributed by atoms with Crippen LogP contribution in [0.25, 0.3) is 22.3 Å². The molecule has 20 N–H and O–H groups in total. The molecule has 676 valence electrons. The summed E-state index contributed by atoms with van der Waals surface area (Å²) < 4.78 is 53.1. The molecular weight excluding hydrogens is 1710 g/mol. The van der Waals surface area contributed by atoms with Crippen molar-refractivity contribution in [3.05, 3.63) is 176 Å². The molecular formula is C88H102Cl3N9O26. The van der Waals surface area contributed by atoms with Crippen LogP contribution < -0.4 is 62.5 Å². The monoisotopic (exact) mass is 1810 g/mol. The molecule has 3 fully saturated rings. The third-order valence-electron chi connectivity index (χ3n) is 23.1.